The molecule has 0 saturated carbocycles. The maximum Gasteiger partial charge on any atom is 0.250 e. The van der Waals surface area contributed by atoms with E-state index in [4.69, 9.17) is 0 Å². The third-order valence-corrected chi connectivity index (χ3v) is 6.62. The zero-order chi connectivity index (χ0) is 14.3. The van der Waals surface area contributed by atoms with E-state index in [9.17, 15) is 8.42 Å². The first-order chi connectivity index (χ1) is 9.47. The Kier molecular flexibility index (Phi) is 3.39. The SMILES string of the molecule is Cc1cc(S(=O)(=O)N[C@@H]2CCCn3ncnc32)sc1C. The Morgan fingerprint density at radius 2 is 2.25 bits per heavy atom. The lowest BCUT2D eigenvalue weighted by atomic mass is 10.1. The Morgan fingerprint density at radius 1 is 1.45 bits per heavy atom. The molecule has 3 heterocycles. The van der Waals surface area contributed by atoms with Crippen molar-refractivity contribution in [2.75, 3.05) is 0 Å². The molecule has 0 bridgehead atoms. The first-order valence-electron chi connectivity index (χ1n) is 6.44. The van der Waals surface area contributed by atoms with Crippen LogP contribution in [0.4, 0.5) is 0 Å². The molecule has 20 heavy (non-hydrogen) atoms. The molecule has 0 saturated heterocycles. The van der Waals surface area contributed by atoms with Crippen LogP contribution in [-0.2, 0) is 16.6 Å². The lowest BCUT2D eigenvalue weighted by Gasteiger charge is -2.22. The monoisotopic (exact) mass is 312 g/mol. The Balaban J connectivity index is 1.88. The number of nitrogens with one attached hydrogen (secondary N) is 1. The van der Waals surface area contributed by atoms with Gasteiger partial charge in [0, 0.05) is 11.4 Å². The maximum absolute atomic E-state index is 12.4. The van der Waals surface area contributed by atoms with E-state index in [1.165, 1.54) is 17.7 Å². The summed E-state index contributed by atoms with van der Waals surface area (Å²) >= 11 is 1.30. The van der Waals surface area contributed by atoms with Gasteiger partial charge in [0.1, 0.15) is 16.4 Å². The fourth-order valence-corrected chi connectivity index (χ4v) is 5.08. The molecule has 1 N–H and O–H groups in total. The molecule has 1 aliphatic heterocycles. The number of hydrogen-bond acceptors (Lipinski definition) is 5. The molecule has 108 valence electrons. The molecule has 0 fully saturated rings. The van der Waals surface area contributed by atoms with Crippen LogP contribution in [0.1, 0.15) is 35.1 Å². The minimum absolute atomic E-state index is 0.293. The zero-order valence-electron chi connectivity index (χ0n) is 11.3. The van der Waals surface area contributed by atoms with Gasteiger partial charge >= 0.3 is 0 Å². The van der Waals surface area contributed by atoms with Crippen LogP contribution >= 0.6 is 11.3 Å². The van der Waals surface area contributed by atoms with Crippen molar-refractivity contribution in [3.05, 3.63) is 28.7 Å². The van der Waals surface area contributed by atoms with Crippen molar-refractivity contribution >= 4 is 21.4 Å². The molecule has 1 atom stereocenters. The van der Waals surface area contributed by atoms with Crippen molar-refractivity contribution in [3.8, 4) is 0 Å². The van der Waals surface area contributed by atoms with Crippen LogP contribution < -0.4 is 4.72 Å². The lowest BCUT2D eigenvalue weighted by molar-refractivity contribution is 0.400. The van der Waals surface area contributed by atoms with Crippen molar-refractivity contribution in [2.24, 2.45) is 0 Å². The summed E-state index contributed by atoms with van der Waals surface area (Å²) in [6.45, 7) is 4.64. The predicted octanol–water partition coefficient (Wildman–Crippen LogP) is 1.77. The predicted molar refractivity (Wildman–Crippen MR) is 76.1 cm³/mol. The normalized spacial score (nSPS) is 19.0. The van der Waals surface area contributed by atoms with E-state index < -0.39 is 10.0 Å². The quantitative estimate of drug-likeness (QED) is 0.937. The van der Waals surface area contributed by atoms with E-state index in [1.807, 2.05) is 13.8 Å². The van der Waals surface area contributed by atoms with Crippen LogP contribution in [0.15, 0.2) is 16.6 Å². The highest BCUT2D eigenvalue weighted by Crippen LogP contribution is 2.28. The summed E-state index contributed by atoms with van der Waals surface area (Å²) < 4.78 is 29.8. The Labute approximate surface area is 121 Å². The zero-order valence-corrected chi connectivity index (χ0v) is 13.0. The fourth-order valence-electron chi connectivity index (χ4n) is 2.32. The van der Waals surface area contributed by atoms with Crippen molar-refractivity contribution in [2.45, 2.75) is 43.5 Å². The molecule has 0 spiro atoms. The third kappa shape index (κ3) is 2.38. The van der Waals surface area contributed by atoms with Gasteiger partial charge < -0.3 is 0 Å². The summed E-state index contributed by atoms with van der Waals surface area (Å²) in [4.78, 5) is 5.19. The third-order valence-electron chi connectivity index (χ3n) is 3.53. The van der Waals surface area contributed by atoms with Crippen LogP contribution in [0.3, 0.4) is 0 Å². The highest BCUT2D eigenvalue weighted by molar-refractivity contribution is 7.91. The Bertz CT molecular complexity index is 713. The maximum atomic E-state index is 12.4. The van der Waals surface area contributed by atoms with Gasteiger partial charge in [-0.3, -0.25) is 0 Å². The molecule has 3 rings (SSSR count). The second-order valence-corrected chi connectivity index (χ2v) is 8.16. The van der Waals surface area contributed by atoms with E-state index in [-0.39, 0.29) is 6.04 Å². The molecule has 0 amide bonds. The van der Waals surface area contributed by atoms with Crippen molar-refractivity contribution in [3.63, 3.8) is 0 Å². The van der Waals surface area contributed by atoms with Gasteiger partial charge in [0.15, 0.2) is 0 Å². The second kappa shape index (κ2) is 4.94. The molecule has 2 aromatic rings. The van der Waals surface area contributed by atoms with Gasteiger partial charge in [0.25, 0.3) is 10.0 Å². The number of nitrogens with zero attached hydrogens (tertiary/aromatic N) is 3. The highest BCUT2D eigenvalue weighted by Gasteiger charge is 2.28. The number of aryl methyl sites for hydroxylation is 3. The number of aromatic nitrogens is 3. The average Bonchev–Trinajstić information content (AvgIpc) is 2.98. The summed E-state index contributed by atoms with van der Waals surface area (Å²) in [6.07, 6.45) is 3.12. The minimum Gasteiger partial charge on any atom is -0.248 e. The average molecular weight is 312 g/mol. The number of fused-ring (bicyclic) bond motifs is 1. The van der Waals surface area contributed by atoms with Crippen LogP contribution in [-0.4, -0.2) is 23.2 Å². The summed E-state index contributed by atoms with van der Waals surface area (Å²) in [5, 5.41) is 4.10. The summed E-state index contributed by atoms with van der Waals surface area (Å²) in [5.41, 5.74) is 1.00. The topological polar surface area (TPSA) is 76.9 Å². The lowest BCUT2D eigenvalue weighted by Crippen LogP contribution is -2.33. The number of sulfonamides is 1. The summed E-state index contributed by atoms with van der Waals surface area (Å²) in [5.74, 6) is 0.699. The molecule has 2 aromatic heterocycles. The van der Waals surface area contributed by atoms with Crippen LogP contribution in [0.25, 0.3) is 0 Å². The molecule has 0 aliphatic carbocycles. The first-order valence-corrected chi connectivity index (χ1v) is 8.74. The molecule has 0 aromatic carbocycles. The van der Waals surface area contributed by atoms with Crippen molar-refractivity contribution < 1.29 is 8.42 Å². The molecule has 6 nitrogen and oxygen atoms in total. The van der Waals surface area contributed by atoms with Gasteiger partial charge in [-0.1, -0.05) is 0 Å². The minimum atomic E-state index is -3.49. The highest BCUT2D eigenvalue weighted by atomic mass is 32.2. The molecular formula is C12H16N4O2S2. The van der Waals surface area contributed by atoms with Crippen LogP contribution in [0, 0.1) is 13.8 Å². The number of rotatable bonds is 3. The van der Waals surface area contributed by atoms with Gasteiger partial charge in [-0.05, 0) is 38.3 Å². The summed E-state index contributed by atoms with van der Waals surface area (Å²) in [7, 11) is -3.49. The van der Waals surface area contributed by atoms with E-state index >= 15 is 0 Å². The van der Waals surface area contributed by atoms with Crippen molar-refractivity contribution in [1.29, 1.82) is 0 Å². The van der Waals surface area contributed by atoms with Gasteiger partial charge in [-0.25, -0.2) is 18.1 Å². The first kappa shape index (κ1) is 13.7. The van der Waals surface area contributed by atoms with Gasteiger partial charge in [-0.15, -0.1) is 11.3 Å². The molecule has 0 unspecified atom stereocenters. The molecule has 0 radical (unpaired) electrons. The van der Waals surface area contributed by atoms with Crippen LogP contribution in [0.5, 0.6) is 0 Å². The Morgan fingerprint density at radius 3 is 2.95 bits per heavy atom. The number of hydrogen-bond donors (Lipinski definition) is 1. The van der Waals surface area contributed by atoms with Gasteiger partial charge in [0.2, 0.25) is 0 Å². The summed E-state index contributed by atoms with van der Waals surface area (Å²) in [6, 6.07) is 1.43. The smallest absolute Gasteiger partial charge is 0.248 e. The fraction of sp³-hybridized carbons (Fsp3) is 0.500. The molecular weight excluding hydrogens is 296 g/mol. The Hall–Kier alpha value is -1.25. The van der Waals surface area contributed by atoms with E-state index in [2.05, 4.69) is 14.8 Å². The molecule has 1 aliphatic rings. The van der Waals surface area contributed by atoms with Gasteiger partial charge in [-0.2, -0.15) is 9.82 Å². The van der Waals surface area contributed by atoms with E-state index in [1.54, 1.807) is 10.7 Å². The standard InChI is InChI=1S/C12H16N4O2S2/c1-8-6-11(19-9(8)2)20(17,18)15-10-4-3-5-16-12(10)13-7-14-16/h6-7,10,15H,3-5H2,1-2H3/t10-/m1/s1. The van der Waals surface area contributed by atoms with Gasteiger partial charge in [0.05, 0.1) is 6.04 Å². The van der Waals surface area contributed by atoms with E-state index in [0.29, 0.717) is 10.0 Å². The largest absolute Gasteiger partial charge is 0.250 e. The second-order valence-electron chi connectivity index (χ2n) is 4.96. The molecule has 8 heteroatoms. The van der Waals surface area contributed by atoms with Crippen molar-refractivity contribution in [1.82, 2.24) is 19.5 Å². The van der Waals surface area contributed by atoms with Crippen LogP contribution in [0.2, 0.25) is 0 Å². The number of thiophene rings is 1. The van der Waals surface area contributed by atoms with E-state index in [0.717, 1.165) is 29.8 Å².